The summed E-state index contributed by atoms with van der Waals surface area (Å²) >= 11 is 1.64. The highest BCUT2D eigenvalue weighted by Crippen LogP contribution is 2.34. The Kier molecular flexibility index (Phi) is 3.81. The van der Waals surface area contributed by atoms with Crippen molar-refractivity contribution in [1.29, 1.82) is 0 Å². The molecule has 1 aliphatic heterocycles. The first-order valence-corrected chi connectivity index (χ1v) is 9.04. The molecule has 4 nitrogen and oxygen atoms in total. The van der Waals surface area contributed by atoms with Crippen LogP contribution in [0.3, 0.4) is 0 Å². The Bertz CT molecular complexity index is 944. The predicted octanol–water partition coefficient (Wildman–Crippen LogP) is 4.06. The maximum absolute atomic E-state index is 11.9. The Morgan fingerprint density at radius 1 is 1.08 bits per heavy atom. The van der Waals surface area contributed by atoms with Gasteiger partial charge in [0.2, 0.25) is 5.91 Å². The van der Waals surface area contributed by atoms with E-state index in [1.54, 1.807) is 16.2 Å². The van der Waals surface area contributed by atoms with Gasteiger partial charge in [-0.05, 0) is 42.0 Å². The van der Waals surface area contributed by atoms with E-state index in [1.165, 1.54) is 5.69 Å². The van der Waals surface area contributed by atoms with E-state index < -0.39 is 0 Å². The molecule has 0 radical (unpaired) electrons. The van der Waals surface area contributed by atoms with Crippen molar-refractivity contribution < 1.29 is 4.79 Å². The lowest BCUT2D eigenvalue weighted by Crippen LogP contribution is -2.20. The minimum Gasteiger partial charge on any atom is -0.378 e. The second kappa shape index (κ2) is 6.01. The Labute approximate surface area is 151 Å². The van der Waals surface area contributed by atoms with Crippen molar-refractivity contribution in [2.24, 2.45) is 0 Å². The highest BCUT2D eigenvalue weighted by molar-refractivity contribution is 7.13. The van der Waals surface area contributed by atoms with Gasteiger partial charge in [0.05, 0.1) is 12.1 Å². The highest BCUT2D eigenvalue weighted by Gasteiger charge is 2.24. The first kappa shape index (κ1) is 15.8. The molecule has 2 heterocycles. The number of nitrogens with zero attached hydrogens (tertiary/aromatic N) is 3. The Morgan fingerprint density at radius 3 is 2.52 bits per heavy atom. The molecule has 0 atom stereocenters. The molecule has 0 unspecified atom stereocenters. The molecule has 1 aromatic heterocycles. The second-order valence-corrected chi connectivity index (χ2v) is 7.31. The third-order valence-corrected chi connectivity index (χ3v) is 5.48. The summed E-state index contributed by atoms with van der Waals surface area (Å²) in [6, 6.07) is 14.6. The van der Waals surface area contributed by atoms with E-state index in [-0.39, 0.29) is 5.91 Å². The molecule has 5 heteroatoms. The lowest BCUT2D eigenvalue weighted by atomic mass is 10.1. The molecular formula is C20H19N3OS. The van der Waals surface area contributed by atoms with E-state index in [0.717, 1.165) is 33.1 Å². The van der Waals surface area contributed by atoms with Gasteiger partial charge in [-0.1, -0.05) is 6.07 Å². The number of carbonyl (C=O) groups excluding carboxylic acids is 1. The molecular weight excluding hydrogens is 330 g/mol. The number of likely N-dealkylation sites (N-methyl/N-ethyl adjacent to an activating group) is 1. The lowest BCUT2D eigenvalue weighted by Gasteiger charge is -2.12. The fourth-order valence-electron chi connectivity index (χ4n) is 3.07. The molecule has 0 N–H and O–H groups in total. The highest BCUT2D eigenvalue weighted by atomic mass is 32.1. The van der Waals surface area contributed by atoms with Gasteiger partial charge in [-0.2, -0.15) is 0 Å². The number of hydrogen-bond acceptors (Lipinski definition) is 4. The summed E-state index contributed by atoms with van der Waals surface area (Å²) in [7, 11) is 5.89. The number of amides is 1. The summed E-state index contributed by atoms with van der Waals surface area (Å²) in [5.74, 6) is 0.145. The Morgan fingerprint density at radius 2 is 1.80 bits per heavy atom. The summed E-state index contributed by atoms with van der Waals surface area (Å²) < 4.78 is 0. The SMILES string of the molecule is CN(C)c1ccc(-c2nc(-c3ccc4c(c3)CC(=O)N4C)cs2)cc1. The standard InChI is InChI=1S/C20H19N3OS/c1-22(2)16-7-4-13(5-8-16)20-21-17(12-25-20)14-6-9-18-15(10-14)11-19(24)23(18)3/h4-10,12H,11H2,1-3H3. The van der Waals surface area contributed by atoms with E-state index >= 15 is 0 Å². The summed E-state index contributed by atoms with van der Waals surface area (Å²) in [4.78, 5) is 20.5. The lowest BCUT2D eigenvalue weighted by molar-refractivity contribution is -0.117. The minimum absolute atomic E-state index is 0.145. The van der Waals surface area contributed by atoms with Gasteiger partial charge in [-0.25, -0.2) is 4.98 Å². The zero-order valence-electron chi connectivity index (χ0n) is 14.5. The van der Waals surface area contributed by atoms with E-state index in [0.29, 0.717) is 6.42 Å². The summed E-state index contributed by atoms with van der Waals surface area (Å²) in [5, 5.41) is 3.09. The average Bonchev–Trinajstić information content (AvgIpc) is 3.20. The molecule has 2 aromatic carbocycles. The van der Waals surface area contributed by atoms with Crippen molar-refractivity contribution >= 4 is 28.6 Å². The summed E-state index contributed by atoms with van der Waals surface area (Å²) in [5.41, 5.74) is 6.40. The van der Waals surface area contributed by atoms with Crippen molar-refractivity contribution in [2.75, 3.05) is 30.9 Å². The molecule has 1 amide bonds. The monoisotopic (exact) mass is 349 g/mol. The molecule has 0 bridgehead atoms. The molecule has 25 heavy (non-hydrogen) atoms. The number of benzene rings is 2. The quantitative estimate of drug-likeness (QED) is 0.715. The number of carbonyl (C=O) groups is 1. The van der Waals surface area contributed by atoms with Crippen molar-refractivity contribution in [1.82, 2.24) is 4.98 Å². The molecule has 1 aliphatic rings. The zero-order valence-corrected chi connectivity index (χ0v) is 15.3. The predicted molar refractivity (Wildman–Crippen MR) is 104 cm³/mol. The van der Waals surface area contributed by atoms with E-state index in [4.69, 9.17) is 4.98 Å². The maximum atomic E-state index is 11.9. The van der Waals surface area contributed by atoms with Crippen LogP contribution in [0.2, 0.25) is 0 Å². The van der Waals surface area contributed by atoms with Gasteiger partial charge >= 0.3 is 0 Å². The molecule has 0 aliphatic carbocycles. The number of rotatable bonds is 3. The molecule has 0 spiro atoms. The van der Waals surface area contributed by atoms with Crippen LogP contribution in [-0.2, 0) is 11.2 Å². The second-order valence-electron chi connectivity index (χ2n) is 6.45. The number of hydrogen-bond donors (Lipinski definition) is 0. The van der Waals surface area contributed by atoms with Crippen LogP contribution in [0.5, 0.6) is 0 Å². The topological polar surface area (TPSA) is 36.4 Å². The van der Waals surface area contributed by atoms with Crippen molar-refractivity contribution in [3.63, 3.8) is 0 Å². The van der Waals surface area contributed by atoms with Crippen molar-refractivity contribution in [2.45, 2.75) is 6.42 Å². The van der Waals surface area contributed by atoms with Crippen molar-refractivity contribution in [3.05, 3.63) is 53.4 Å². The van der Waals surface area contributed by atoms with Gasteiger partial charge in [-0.3, -0.25) is 4.79 Å². The van der Waals surface area contributed by atoms with Gasteiger partial charge in [0.15, 0.2) is 0 Å². The smallest absolute Gasteiger partial charge is 0.231 e. The van der Waals surface area contributed by atoms with E-state index in [2.05, 4.69) is 40.6 Å². The largest absolute Gasteiger partial charge is 0.378 e. The third kappa shape index (κ3) is 2.81. The first-order valence-electron chi connectivity index (χ1n) is 8.16. The fourth-order valence-corrected chi connectivity index (χ4v) is 3.91. The van der Waals surface area contributed by atoms with Gasteiger partial charge in [0.25, 0.3) is 0 Å². The Hall–Kier alpha value is -2.66. The fraction of sp³-hybridized carbons (Fsp3) is 0.200. The van der Waals surface area contributed by atoms with Crippen LogP contribution < -0.4 is 9.80 Å². The van der Waals surface area contributed by atoms with Crippen LogP contribution in [-0.4, -0.2) is 32.0 Å². The van der Waals surface area contributed by atoms with Crippen LogP contribution in [0, 0.1) is 0 Å². The van der Waals surface area contributed by atoms with Gasteiger partial charge in [-0.15, -0.1) is 11.3 Å². The molecule has 4 rings (SSSR count). The van der Waals surface area contributed by atoms with Crippen LogP contribution in [0.4, 0.5) is 11.4 Å². The van der Waals surface area contributed by atoms with Crippen LogP contribution in [0.1, 0.15) is 5.56 Å². The van der Waals surface area contributed by atoms with Crippen molar-refractivity contribution in [3.8, 4) is 21.8 Å². The van der Waals surface area contributed by atoms with Crippen LogP contribution in [0.15, 0.2) is 47.8 Å². The van der Waals surface area contributed by atoms with E-state index in [1.807, 2.05) is 33.3 Å². The number of fused-ring (bicyclic) bond motifs is 1. The number of aromatic nitrogens is 1. The molecule has 0 fully saturated rings. The van der Waals surface area contributed by atoms with Gasteiger partial charge < -0.3 is 9.80 Å². The average molecular weight is 349 g/mol. The van der Waals surface area contributed by atoms with E-state index in [9.17, 15) is 4.79 Å². The maximum Gasteiger partial charge on any atom is 0.231 e. The van der Waals surface area contributed by atoms with Gasteiger partial charge in [0, 0.05) is 49.0 Å². The summed E-state index contributed by atoms with van der Waals surface area (Å²) in [6.45, 7) is 0. The van der Waals surface area contributed by atoms with Crippen LogP contribution in [0.25, 0.3) is 21.8 Å². The zero-order chi connectivity index (χ0) is 17.6. The normalized spacial score (nSPS) is 13.2. The third-order valence-electron chi connectivity index (χ3n) is 4.59. The molecule has 126 valence electrons. The minimum atomic E-state index is 0.145. The molecule has 0 saturated carbocycles. The first-order chi connectivity index (χ1) is 12.0. The van der Waals surface area contributed by atoms with Gasteiger partial charge in [0.1, 0.15) is 5.01 Å². The van der Waals surface area contributed by atoms with Crippen LogP contribution >= 0.6 is 11.3 Å². The summed E-state index contributed by atoms with van der Waals surface area (Å²) in [6.07, 6.45) is 0.475. The molecule has 0 saturated heterocycles. The number of thiazole rings is 1. The molecule has 3 aromatic rings. The number of anilines is 2. The Balaban J connectivity index is 1.64.